The number of anilines is 1. The lowest BCUT2D eigenvalue weighted by atomic mass is 9.96. The van der Waals surface area contributed by atoms with Crippen LogP contribution in [-0.2, 0) is 10.2 Å². The van der Waals surface area contributed by atoms with E-state index in [9.17, 15) is 19.8 Å². The summed E-state index contributed by atoms with van der Waals surface area (Å²) in [4.78, 5) is 24.8. The van der Waals surface area contributed by atoms with Crippen molar-refractivity contribution in [1.82, 2.24) is 4.90 Å². The molecule has 0 radical (unpaired) electrons. The van der Waals surface area contributed by atoms with Gasteiger partial charge in [-0.05, 0) is 37.0 Å². The van der Waals surface area contributed by atoms with Gasteiger partial charge in [-0.2, -0.15) is 0 Å². The summed E-state index contributed by atoms with van der Waals surface area (Å²) >= 11 is 0. The SMILES string of the molecule is O=C(Nc1ccc(C2(C(=O)O)CC2)cc1)N1CCC(O)C1. The van der Waals surface area contributed by atoms with Crippen molar-refractivity contribution in [3.05, 3.63) is 29.8 Å². The summed E-state index contributed by atoms with van der Waals surface area (Å²) in [6, 6.07) is 6.73. The van der Waals surface area contributed by atoms with Gasteiger partial charge in [0.1, 0.15) is 0 Å². The Kier molecular flexibility index (Phi) is 3.33. The minimum atomic E-state index is -0.787. The van der Waals surface area contributed by atoms with Crippen LogP contribution in [0.2, 0.25) is 0 Å². The minimum absolute atomic E-state index is 0.237. The number of hydrogen-bond acceptors (Lipinski definition) is 3. The molecule has 1 saturated heterocycles. The number of aliphatic carboxylic acids is 1. The van der Waals surface area contributed by atoms with E-state index in [0.717, 1.165) is 5.56 Å². The van der Waals surface area contributed by atoms with Gasteiger partial charge in [0.25, 0.3) is 0 Å². The van der Waals surface area contributed by atoms with Crippen LogP contribution < -0.4 is 5.32 Å². The lowest BCUT2D eigenvalue weighted by Crippen LogP contribution is -2.33. The largest absolute Gasteiger partial charge is 0.481 e. The molecule has 1 aliphatic heterocycles. The van der Waals surface area contributed by atoms with E-state index in [2.05, 4.69) is 5.32 Å². The van der Waals surface area contributed by atoms with Gasteiger partial charge < -0.3 is 20.4 Å². The number of amides is 2. The number of β-amino-alcohol motifs (C(OH)–C–C–N with tert-alkyl or cyclic N) is 1. The van der Waals surface area contributed by atoms with Crippen molar-refractivity contribution in [2.45, 2.75) is 30.8 Å². The Bertz CT molecular complexity index is 566. The Labute approximate surface area is 122 Å². The molecule has 1 atom stereocenters. The smallest absolute Gasteiger partial charge is 0.321 e. The van der Waals surface area contributed by atoms with Crippen molar-refractivity contribution >= 4 is 17.7 Å². The maximum absolute atomic E-state index is 12.0. The summed E-state index contributed by atoms with van der Waals surface area (Å²) in [6.45, 7) is 0.902. The summed E-state index contributed by atoms with van der Waals surface area (Å²) in [5, 5.41) is 21.4. The molecular formula is C15H18N2O4. The number of carboxylic acids is 1. The standard InChI is InChI=1S/C15H18N2O4/c18-12-5-8-17(9-12)14(21)16-11-3-1-10(2-4-11)15(6-7-15)13(19)20/h1-4,12,18H,5-9H2,(H,16,21)(H,19,20). The number of nitrogens with one attached hydrogen (secondary N) is 1. The van der Waals surface area contributed by atoms with Crippen LogP contribution in [0, 0.1) is 0 Å². The van der Waals surface area contributed by atoms with E-state index in [1.165, 1.54) is 0 Å². The Morgan fingerprint density at radius 2 is 1.90 bits per heavy atom. The van der Waals surface area contributed by atoms with Gasteiger partial charge in [-0.15, -0.1) is 0 Å². The van der Waals surface area contributed by atoms with Gasteiger partial charge in [-0.3, -0.25) is 4.79 Å². The van der Waals surface area contributed by atoms with E-state index in [1.54, 1.807) is 29.2 Å². The molecule has 2 aliphatic rings. The minimum Gasteiger partial charge on any atom is -0.481 e. The fraction of sp³-hybridized carbons (Fsp3) is 0.467. The average molecular weight is 290 g/mol. The van der Waals surface area contributed by atoms with Crippen molar-refractivity contribution in [3.8, 4) is 0 Å². The number of carbonyl (C=O) groups is 2. The number of likely N-dealkylation sites (tertiary alicyclic amines) is 1. The fourth-order valence-corrected chi connectivity index (χ4v) is 2.75. The third kappa shape index (κ3) is 2.58. The summed E-state index contributed by atoms with van der Waals surface area (Å²) in [7, 11) is 0. The quantitative estimate of drug-likeness (QED) is 0.785. The third-order valence-corrected chi connectivity index (χ3v) is 4.30. The number of carbonyl (C=O) groups excluding carboxylic acids is 1. The van der Waals surface area contributed by atoms with Crippen molar-refractivity contribution in [2.24, 2.45) is 0 Å². The molecule has 1 saturated carbocycles. The maximum Gasteiger partial charge on any atom is 0.321 e. The number of aliphatic hydroxyl groups is 1. The summed E-state index contributed by atoms with van der Waals surface area (Å²) in [6.07, 6.45) is 1.50. The first kappa shape index (κ1) is 13.9. The van der Waals surface area contributed by atoms with Crippen molar-refractivity contribution < 1.29 is 19.8 Å². The van der Waals surface area contributed by atoms with E-state index in [-0.39, 0.29) is 6.03 Å². The van der Waals surface area contributed by atoms with Gasteiger partial charge in [0.2, 0.25) is 0 Å². The number of carboxylic acid groups (broad SMARTS) is 1. The predicted molar refractivity (Wildman–Crippen MR) is 76.2 cm³/mol. The van der Waals surface area contributed by atoms with Crippen LogP contribution in [0.5, 0.6) is 0 Å². The van der Waals surface area contributed by atoms with E-state index in [1.807, 2.05) is 0 Å². The number of hydrogen-bond donors (Lipinski definition) is 3. The van der Waals surface area contributed by atoms with Crippen molar-refractivity contribution in [1.29, 1.82) is 0 Å². The molecule has 1 unspecified atom stereocenters. The second-order valence-corrected chi connectivity index (χ2v) is 5.78. The van der Waals surface area contributed by atoms with E-state index in [4.69, 9.17) is 0 Å². The third-order valence-electron chi connectivity index (χ3n) is 4.30. The highest BCUT2D eigenvalue weighted by Crippen LogP contribution is 2.48. The summed E-state index contributed by atoms with van der Waals surface area (Å²) in [5.74, 6) is -0.787. The molecule has 2 fully saturated rings. The molecular weight excluding hydrogens is 272 g/mol. The van der Waals surface area contributed by atoms with Crippen LogP contribution in [0.1, 0.15) is 24.8 Å². The lowest BCUT2D eigenvalue weighted by Gasteiger charge is -2.17. The van der Waals surface area contributed by atoms with Crippen LogP contribution in [0.25, 0.3) is 0 Å². The zero-order valence-electron chi connectivity index (χ0n) is 11.6. The molecule has 2 amide bonds. The normalized spacial score (nSPS) is 22.9. The number of rotatable bonds is 3. The number of nitrogens with zero attached hydrogens (tertiary/aromatic N) is 1. The average Bonchev–Trinajstić information content (AvgIpc) is 3.16. The number of urea groups is 1. The van der Waals surface area contributed by atoms with Crippen molar-refractivity contribution in [2.75, 3.05) is 18.4 Å². The van der Waals surface area contributed by atoms with E-state index in [0.29, 0.717) is 38.0 Å². The molecule has 0 aromatic heterocycles. The molecule has 3 N–H and O–H groups in total. The predicted octanol–water partition coefficient (Wildman–Crippen LogP) is 1.40. The van der Waals surface area contributed by atoms with Gasteiger partial charge in [0.15, 0.2) is 0 Å². The molecule has 6 nitrogen and oxygen atoms in total. The second-order valence-electron chi connectivity index (χ2n) is 5.78. The first-order valence-electron chi connectivity index (χ1n) is 7.09. The number of aliphatic hydroxyl groups excluding tert-OH is 1. The Balaban J connectivity index is 1.65. The van der Waals surface area contributed by atoms with Crippen LogP contribution in [-0.4, -0.2) is 46.3 Å². The van der Waals surface area contributed by atoms with Gasteiger partial charge in [-0.25, -0.2) is 4.79 Å². The Hall–Kier alpha value is -2.08. The molecule has 112 valence electrons. The first-order valence-corrected chi connectivity index (χ1v) is 7.09. The summed E-state index contributed by atoms with van der Waals surface area (Å²) in [5.41, 5.74) is 0.692. The zero-order valence-corrected chi connectivity index (χ0v) is 11.6. The van der Waals surface area contributed by atoms with Gasteiger partial charge >= 0.3 is 12.0 Å². The van der Waals surface area contributed by atoms with Crippen LogP contribution in [0.4, 0.5) is 10.5 Å². The van der Waals surface area contributed by atoms with Crippen LogP contribution in [0.3, 0.4) is 0 Å². The fourth-order valence-electron chi connectivity index (χ4n) is 2.75. The molecule has 3 rings (SSSR count). The topological polar surface area (TPSA) is 89.9 Å². The molecule has 6 heteroatoms. The first-order chi connectivity index (χ1) is 10.0. The van der Waals surface area contributed by atoms with Gasteiger partial charge in [0, 0.05) is 18.8 Å². The highest BCUT2D eigenvalue weighted by atomic mass is 16.4. The Morgan fingerprint density at radius 3 is 2.38 bits per heavy atom. The molecule has 1 aliphatic carbocycles. The second kappa shape index (κ2) is 5.04. The van der Waals surface area contributed by atoms with Crippen LogP contribution >= 0.6 is 0 Å². The highest BCUT2D eigenvalue weighted by Gasteiger charge is 2.51. The molecule has 0 bridgehead atoms. The molecule has 1 aromatic carbocycles. The Morgan fingerprint density at radius 1 is 1.24 bits per heavy atom. The lowest BCUT2D eigenvalue weighted by molar-refractivity contribution is -0.140. The van der Waals surface area contributed by atoms with Gasteiger partial charge in [0.05, 0.1) is 11.5 Å². The molecule has 1 heterocycles. The molecule has 0 spiro atoms. The maximum atomic E-state index is 12.0. The van der Waals surface area contributed by atoms with Gasteiger partial charge in [-0.1, -0.05) is 12.1 Å². The van der Waals surface area contributed by atoms with E-state index >= 15 is 0 Å². The zero-order chi connectivity index (χ0) is 15.0. The van der Waals surface area contributed by atoms with E-state index < -0.39 is 17.5 Å². The number of benzene rings is 1. The highest BCUT2D eigenvalue weighted by molar-refractivity contribution is 5.90. The van der Waals surface area contributed by atoms with Crippen LogP contribution in [0.15, 0.2) is 24.3 Å². The molecule has 1 aromatic rings. The van der Waals surface area contributed by atoms with Crippen molar-refractivity contribution in [3.63, 3.8) is 0 Å². The molecule has 21 heavy (non-hydrogen) atoms. The summed E-state index contributed by atoms with van der Waals surface area (Å²) < 4.78 is 0. The monoisotopic (exact) mass is 290 g/mol.